The average Bonchev–Trinajstić information content (AvgIpc) is 2.19. The van der Waals surface area contributed by atoms with E-state index in [2.05, 4.69) is 4.99 Å². The Kier molecular flexibility index (Phi) is 4.44. The monoisotopic (exact) mass is 208 g/mol. The van der Waals surface area contributed by atoms with Crippen molar-refractivity contribution in [2.24, 2.45) is 4.99 Å². The molecule has 2 nitrogen and oxygen atoms in total. The van der Waals surface area contributed by atoms with Gasteiger partial charge in [-0.3, -0.25) is 0 Å². The van der Waals surface area contributed by atoms with Gasteiger partial charge < -0.3 is 0 Å². The van der Waals surface area contributed by atoms with Crippen LogP contribution in [0.25, 0.3) is 0 Å². The molecule has 1 rings (SSSR count). The lowest BCUT2D eigenvalue weighted by Crippen LogP contribution is -1.82. The molecule has 66 valence electrons. The van der Waals surface area contributed by atoms with Gasteiger partial charge in [0.1, 0.15) is 4.38 Å². The Bertz CT molecular complexity index is 327. The van der Waals surface area contributed by atoms with Gasteiger partial charge in [-0.1, -0.05) is 30.0 Å². The highest BCUT2D eigenvalue weighted by molar-refractivity contribution is 8.38. The number of nitrogens with zero attached hydrogens (tertiary/aromatic N) is 2. The second kappa shape index (κ2) is 5.68. The zero-order valence-corrected chi connectivity index (χ0v) is 8.73. The molecule has 13 heavy (non-hydrogen) atoms. The summed E-state index contributed by atoms with van der Waals surface area (Å²) in [5.41, 5.74) is 0. The first-order valence-corrected chi connectivity index (χ1v) is 5.64. The lowest BCUT2D eigenvalue weighted by Gasteiger charge is -1.99. The largest absolute Gasteiger partial charge is 0.207 e. The van der Waals surface area contributed by atoms with Crippen LogP contribution >= 0.6 is 23.5 Å². The van der Waals surface area contributed by atoms with Crippen molar-refractivity contribution in [3.8, 4) is 6.19 Å². The van der Waals surface area contributed by atoms with Gasteiger partial charge >= 0.3 is 0 Å². The van der Waals surface area contributed by atoms with Crippen molar-refractivity contribution in [2.75, 3.05) is 6.26 Å². The maximum absolute atomic E-state index is 8.38. The summed E-state index contributed by atoms with van der Waals surface area (Å²) in [7, 11) is 0. The van der Waals surface area contributed by atoms with Gasteiger partial charge in [0.05, 0.1) is 0 Å². The topological polar surface area (TPSA) is 36.1 Å². The van der Waals surface area contributed by atoms with E-state index < -0.39 is 0 Å². The number of thioether (sulfide) groups is 2. The molecule has 0 aliphatic carbocycles. The fourth-order valence-electron chi connectivity index (χ4n) is 0.740. The van der Waals surface area contributed by atoms with Crippen LogP contribution in [0.2, 0.25) is 0 Å². The minimum atomic E-state index is 0.772. The van der Waals surface area contributed by atoms with Crippen LogP contribution in [-0.2, 0) is 0 Å². The smallest absolute Gasteiger partial charge is 0.170 e. The van der Waals surface area contributed by atoms with Crippen molar-refractivity contribution in [2.45, 2.75) is 4.90 Å². The number of aliphatic imine (C=N–C) groups is 1. The Morgan fingerprint density at radius 2 is 2.08 bits per heavy atom. The predicted molar refractivity (Wildman–Crippen MR) is 58.9 cm³/mol. The van der Waals surface area contributed by atoms with E-state index >= 15 is 0 Å². The summed E-state index contributed by atoms with van der Waals surface area (Å²) in [4.78, 5) is 4.79. The van der Waals surface area contributed by atoms with Crippen LogP contribution in [0.1, 0.15) is 0 Å². The molecule has 0 aliphatic heterocycles. The second-order valence-corrected chi connectivity index (χ2v) is 4.21. The summed E-state index contributed by atoms with van der Waals surface area (Å²) >= 11 is 2.98. The van der Waals surface area contributed by atoms with Crippen molar-refractivity contribution < 1.29 is 0 Å². The summed E-state index contributed by atoms with van der Waals surface area (Å²) in [6, 6.07) is 9.88. The first-order chi connectivity index (χ1) is 6.36. The SMILES string of the molecule is CSC(=NC#N)Sc1ccccc1. The Balaban J connectivity index is 2.69. The molecule has 0 fully saturated rings. The fourth-order valence-corrected chi connectivity index (χ4v) is 2.08. The summed E-state index contributed by atoms with van der Waals surface area (Å²) in [6.45, 7) is 0. The van der Waals surface area contributed by atoms with Crippen LogP contribution in [-0.4, -0.2) is 10.6 Å². The molecule has 0 heterocycles. The third kappa shape index (κ3) is 3.53. The lowest BCUT2D eigenvalue weighted by atomic mass is 10.4. The van der Waals surface area contributed by atoms with Gasteiger partial charge in [0.25, 0.3) is 0 Å². The van der Waals surface area contributed by atoms with Crippen LogP contribution in [0, 0.1) is 11.5 Å². The van der Waals surface area contributed by atoms with E-state index in [0.29, 0.717) is 0 Å². The molecule has 1 aromatic carbocycles. The maximum Gasteiger partial charge on any atom is 0.207 e. The van der Waals surface area contributed by atoms with Gasteiger partial charge in [0.15, 0.2) is 0 Å². The van der Waals surface area contributed by atoms with E-state index in [1.807, 2.05) is 36.6 Å². The van der Waals surface area contributed by atoms with Gasteiger partial charge in [-0.15, -0.1) is 11.8 Å². The molecule has 1 aromatic rings. The molecular weight excluding hydrogens is 200 g/mol. The molecule has 0 spiro atoms. The van der Waals surface area contributed by atoms with E-state index in [4.69, 9.17) is 5.26 Å². The minimum absolute atomic E-state index is 0.772. The van der Waals surface area contributed by atoms with Crippen molar-refractivity contribution in [1.82, 2.24) is 0 Å². The highest BCUT2D eigenvalue weighted by atomic mass is 32.2. The van der Waals surface area contributed by atoms with E-state index in [0.717, 1.165) is 9.27 Å². The van der Waals surface area contributed by atoms with Crippen LogP contribution in [0.15, 0.2) is 40.2 Å². The van der Waals surface area contributed by atoms with Gasteiger partial charge in [0.2, 0.25) is 6.19 Å². The standard InChI is InChI=1S/C9H8N2S2/c1-12-9(11-7-10)13-8-5-3-2-4-6-8/h2-6H,1H3. The van der Waals surface area contributed by atoms with Gasteiger partial charge in [-0.05, 0) is 18.4 Å². The quantitative estimate of drug-likeness (QED) is 0.308. The first kappa shape index (κ1) is 10.2. The van der Waals surface area contributed by atoms with Crippen LogP contribution in [0.5, 0.6) is 0 Å². The molecule has 0 saturated heterocycles. The lowest BCUT2D eigenvalue weighted by molar-refractivity contribution is 1.45. The van der Waals surface area contributed by atoms with E-state index in [9.17, 15) is 0 Å². The fraction of sp³-hybridized carbons (Fsp3) is 0.111. The molecule has 0 saturated carbocycles. The third-order valence-electron chi connectivity index (χ3n) is 1.26. The Morgan fingerprint density at radius 3 is 2.62 bits per heavy atom. The summed E-state index contributed by atoms with van der Waals surface area (Å²) in [5.74, 6) is 0. The van der Waals surface area contributed by atoms with Crippen molar-refractivity contribution in [1.29, 1.82) is 5.26 Å². The number of rotatable bonds is 1. The van der Waals surface area contributed by atoms with Crippen molar-refractivity contribution >= 4 is 27.9 Å². The zero-order chi connectivity index (χ0) is 9.52. The minimum Gasteiger partial charge on any atom is -0.170 e. The maximum atomic E-state index is 8.38. The zero-order valence-electron chi connectivity index (χ0n) is 7.10. The van der Waals surface area contributed by atoms with Gasteiger partial charge in [0, 0.05) is 4.90 Å². The molecule has 0 unspecified atom stereocenters. The highest BCUT2D eigenvalue weighted by Gasteiger charge is 1.99. The number of nitriles is 1. The van der Waals surface area contributed by atoms with Crippen molar-refractivity contribution in [3.05, 3.63) is 30.3 Å². The third-order valence-corrected chi connectivity index (χ3v) is 3.23. The van der Waals surface area contributed by atoms with Crippen LogP contribution < -0.4 is 0 Å². The normalized spacial score (nSPS) is 10.9. The summed E-state index contributed by atoms with van der Waals surface area (Å²) in [6.07, 6.45) is 3.69. The highest BCUT2D eigenvalue weighted by Crippen LogP contribution is 2.23. The Hall–Kier alpha value is -0.920. The number of benzene rings is 1. The van der Waals surface area contributed by atoms with Crippen LogP contribution in [0.4, 0.5) is 0 Å². The second-order valence-electron chi connectivity index (χ2n) is 2.10. The molecule has 0 aliphatic rings. The predicted octanol–water partition coefficient (Wildman–Crippen LogP) is 2.98. The molecule has 0 aromatic heterocycles. The average molecular weight is 208 g/mol. The van der Waals surface area contributed by atoms with Crippen molar-refractivity contribution in [3.63, 3.8) is 0 Å². The Labute approximate surface area is 86.1 Å². The molecule has 0 N–H and O–H groups in total. The molecule has 0 atom stereocenters. The molecular formula is C9H8N2S2. The Morgan fingerprint density at radius 1 is 1.38 bits per heavy atom. The molecule has 0 amide bonds. The summed E-state index contributed by atoms with van der Waals surface area (Å²) in [5, 5.41) is 8.38. The number of hydrogen-bond acceptors (Lipinski definition) is 4. The molecule has 4 heteroatoms. The van der Waals surface area contributed by atoms with E-state index in [-0.39, 0.29) is 0 Å². The van der Waals surface area contributed by atoms with Gasteiger partial charge in [-0.25, -0.2) is 0 Å². The van der Waals surface area contributed by atoms with Crippen LogP contribution in [0.3, 0.4) is 0 Å². The number of hydrogen-bond donors (Lipinski definition) is 0. The van der Waals surface area contributed by atoms with Gasteiger partial charge in [-0.2, -0.15) is 10.3 Å². The summed E-state index contributed by atoms with van der Waals surface area (Å²) < 4.78 is 0.772. The van der Waals surface area contributed by atoms with E-state index in [1.165, 1.54) is 23.5 Å². The molecule has 0 bridgehead atoms. The first-order valence-electron chi connectivity index (χ1n) is 3.60. The molecule has 0 radical (unpaired) electrons. The van der Waals surface area contributed by atoms with E-state index in [1.54, 1.807) is 6.19 Å².